The predicted molar refractivity (Wildman–Crippen MR) is 84.0 cm³/mol. The number of aromatic amines is 1. The van der Waals surface area contributed by atoms with Crippen LogP contribution in [0, 0.1) is 13.8 Å². The number of benzene rings is 1. The highest BCUT2D eigenvalue weighted by atomic mass is 16.2. The minimum absolute atomic E-state index is 0.0340. The molecule has 4 heteroatoms. The number of Topliss-reactive ketones (excluding diaryl/α,β-unsaturated/α-hetero) is 1. The summed E-state index contributed by atoms with van der Waals surface area (Å²) in [4.78, 5) is 27.0. The highest BCUT2D eigenvalue weighted by Gasteiger charge is 2.19. The summed E-state index contributed by atoms with van der Waals surface area (Å²) in [5, 5.41) is 2.87. The molecular weight excluding hydrogens is 264 g/mol. The SMILES string of the molecule is CCc1cccc(NC(=O)c2[nH]c(C)c(C(C)=O)c2C)c1. The van der Waals surface area contributed by atoms with Gasteiger partial charge in [-0.15, -0.1) is 0 Å². The molecule has 1 aromatic heterocycles. The van der Waals surface area contributed by atoms with Crippen LogP contribution in [-0.2, 0) is 6.42 Å². The van der Waals surface area contributed by atoms with E-state index in [0.29, 0.717) is 16.8 Å². The van der Waals surface area contributed by atoms with Gasteiger partial charge in [-0.05, 0) is 50.5 Å². The molecule has 2 rings (SSSR count). The number of amides is 1. The van der Waals surface area contributed by atoms with Gasteiger partial charge in [-0.2, -0.15) is 0 Å². The van der Waals surface area contributed by atoms with Crippen molar-refractivity contribution in [2.75, 3.05) is 5.32 Å². The van der Waals surface area contributed by atoms with E-state index in [4.69, 9.17) is 0 Å². The first kappa shape index (κ1) is 15.0. The van der Waals surface area contributed by atoms with Gasteiger partial charge in [-0.25, -0.2) is 0 Å². The molecule has 4 nitrogen and oxygen atoms in total. The van der Waals surface area contributed by atoms with Crippen LogP contribution in [0.25, 0.3) is 0 Å². The highest BCUT2D eigenvalue weighted by molar-refractivity contribution is 6.07. The molecule has 110 valence electrons. The van der Waals surface area contributed by atoms with E-state index < -0.39 is 0 Å². The molecule has 0 saturated heterocycles. The quantitative estimate of drug-likeness (QED) is 0.842. The Morgan fingerprint density at radius 2 is 1.95 bits per heavy atom. The minimum Gasteiger partial charge on any atom is -0.354 e. The summed E-state index contributed by atoms with van der Waals surface area (Å²) in [6.07, 6.45) is 0.916. The monoisotopic (exact) mass is 284 g/mol. The third-order valence-corrected chi connectivity index (χ3v) is 3.61. The van der Waals surface area contributed by atoms with Gasteiger partial charge in [0, 0.05) is 16.9 Å². The molecule has 0 aliphatic carbocycles. The second-order valence-corrected chi connectivity index (χ2v) is 5.19. The maximum atomic E-state index is 12.4. The van der Waals surface area contributed by atoms with Crippen LogP contribution in [-0.4, -0.2) is 16.7 Å². The van der Waals surface area contributed by atoms with Crippen molar-refractivity contribution < 1.29 is 9.59 Å². The van der Waals surface area contributed by atoms with E-state index in [1.807, 2.05) is 24.3 Å². The molecule has 0 aliphatic rings. The van der Waals surface area contributed by atoms with Gasteiger partial charge in [0.15, 0.2) is 5.78 Å². The number of nitrogens with one attached hydrogen (secondary N) is 2. The zero-order chi connectivity index (χ0) is 15.6. The standard InChI is InChI=1S/C17H20N2O2/c1-5-13-7-6-8-14(9-13)19-17(21)16-10(2)15(12(4)20)11(3)18-16/h6-9,18H,5H2,1-4H3,(H,19,21). The Morgan fingerprint density at radius 3 is 2.52 bits per heavy atom. The Bertz CT molecular complexity index is 699. The minimum atomic E-state index is -0.226. The summed E-state index contributed by atoms with van der Waals surface area (Å²) in [6, 6.07) is 7.75. The van der Waals surface area contributed by atoms with E-state index in [1.165, 1.54) is 6.92 Å². The van der Waals surface area contributed by atoms with E-state index in [1.54, 1.807) is 13.8 Å². The van der Waals surface area contributed by atoms with E-state index >= 15 is 0 Å². The number of ketones is 1. The van der Waals surface area contributed by atoms with Gasteiger partial charge in [-0.1, -0.05) is 19.1 Å². The average Bonchev–Trinajstić information content (AvgIpc) is 2.74. The number of hydrogen-bond donors (Lipinski definition) is 2. The summed E-state index contributed by atoms with van der Waals surface area (Å²) < 4.78 is 0. The first-order valence-electron chi connectivity index (χ1n) is 7.04. The number of anilines is 1. The lowest BCUT2D eigenvalue weighted by molar-refractivity contribution is 0.101. The number of carbonyl (C=O) groups is 2. The number of rotatable bonds is 4. The lowest BCUT2D eigenvalue weighted by Gasteiger charge is -2.06. The fourth-order valence-corrected chi connectivity index (χ4v) is 2.57. The van der Waals surface area contributed by atoms with Crippen molar-refractivity contribution in [3.05, 3.63) is 52.3 Å². The molecule has 0 radical (unpaired) electrons. The van der Waals surface area contributed by atoms with Crippen LogP contribution >= 0.6 is 0 Å². The van der Waals surface area contributed by atoms with Crippen LogP contribution in [0.3, 0.4) is 0 Å². The number of hydrogen-bond acceptors (Lipinski definition) is 2. The van der Waals surface area contributed by atoms with Gasteiger partial charge in [0.2, 0.25) is 0 Å². The lowest BCUT2D eigenvalue weighted by Crippen LogP contribution is -2.14. The highest BCUT2D eigenvalue weighted by Crippen LogP contribution is 2.20. The number of carbonyl (C=O) groups excluding carboxylic acids is 2. The second kappa shape index (κ2) is 5.95. The molecule has 1 amide bonds. The van der Waals surface area contributed by atoms with Crippen molar-refractivity contribution in [2.24, 2.45) is 0 Å². The maximum absolute atomic E-state index is 12.4. The molecule has 0 fully saturated rings. The van der Waals surface area contributed by atoms with E-state index in [2.05, 4.69) is 17.2 Å². The number of aryl methyl sites for hydroxylation is 2. The van der Waals surface area contributed by atoms with Crippen molar-refractivity contribution in [1.29, 1.82) is 0 Å². The van der Waals surface area contributed by atoms with E-state index in [9.17, 15) is 9.59 Å². The summed E-state index contributed by atoms with van der Waals surface area (Å²) in [6.45, 7) is 7.17. The van der Waals surface area contributed by atoms with Crippen molar-refractivity contribution in [3.8, 4) is 0 Å². The lowest BCUT2D eigenvalue weighted by atomic mass is 10.1. The van der Waals surface area contributed by atoms with Crippen molar-refractivity contribution in [3.63, 3.8) is 0 Å². The molecular formula is C17H20N2O2. The summed E-state index contributed by atoms with van der Waals surface area (Å²) in [5.41, 5.74) is 4.39. The molecule has 0 unspecified atom stereocenters. The van der Waals surface area contributed by atoms with Gasteiger partial charge >= 0.3 is 0 Å². The zero-order valence-electron chi connectivity index (χ0n) is 12.8. The van der Waals surface area contributed by atoms with Gasteiger partial charge in [0.05, 0.1) is 0 Å². The zero-order valence-corrected chi connectivity index (χ0v) is 12.8. The van der Waals surface area contributed by atoms with Gasteiger partial charge in [0.1, 0.15) is 5.69 Å². The molecule has 1 aromatic carbocycles. The molecule has 0 atom stereocenters. The number of aromatic nitrogens is 1. The Morgan fingerprint density at radius 1 is 1.24 bits per heavy atom. The van der Waals surface area contributed by atoms with Crippen LogP contribution < -0.4 is 5.32 Å². The van der Waals surface area contributed by atoms with Crippen LogP contribution in [0.5, 0.6) is 0 Å². The van der Waals surface area contributed by atoms with Gasteiger partial charge in [-0.3, -0.25) is 9.59 Å². The summed E-state index contributed by atoms with van der Waals surface area (Å²) >= 11 is 0. The Balaban J connectivity index is 2.28. The Hall–Kier alpha value is -2.36. The molecule has 0 aliphatic heterocycles. The van der Waals surface area contributed by atoms with Crippen molar-refractivity contribution >= 4 is 17.4 Å². The van der Waals surface area contributed by atoms with Crippen LogP contribution in [0.15, 0.2) is 24.3 Å². The molecule has 0 spiro atoms. The van der Waals surface area contributed by atoms with E-state index in [0.717, 1.165) is 23.4 Å². The van der Waals surface area contributed by atoms with Gasteiger partial charge in [0.25, 0.3) is 5.91 Å². The molecule has 0 bridgehead atoms. The third kappa shape index (κ3) is 3.05. The topological polar surface area (TPSA) is 62.0 Å². The Labute approximate surface area is 124 Å². The molecule has 0 saturated carbocycles. The summed E-state index contributed by atoms with van der Waals surface area (Å²) in [7, 11) is 0. The van der Waals surface area contributed by atoms with Crippen LogP contribution in [0.1, 0.15) is 51.5 Å². The first-order valence-corrected chi connectivity index (χ1v) is 7.04. The summed E-state index contributed by atoms with van der Waals surface area (Å²) in [5.74, 6) is -0.260. The fourth-order valence-electron chi connectivity index (χ4n) is 2.57. The molecule has 1 heterocycles. The molecule has 2 N–H and O–H groups in total. The smallest absolute Gasteiger partial charge is 0.272 e. The molecule has 21 heavy (non-hydrogen) atoms. The largest absolute Gasteiger partial charge is 0.354 e. The van der Waals surface area contributed by atoms with Crippen LogP contribution in [0.2, 0.25) is 0 Å². The number of H-pyrrole nitrogens is 1. The average molecular weight is 284 g/mol. The van der Waals surface area contributed by atoms with Crippen molar-refractivity contribution in [2.45, 2.75) is 34.1 Å². The molecule has 2 aromatic rings. The third-order valence-electron chi connectivity index (χ3n) is 3.61. The fraction of sp³-hybridized carbons (Fsp3) is 0.294. The van der Waals surface area contributed by atoms with Crippen molar-refractivity contribution in [1.82, 2.24) is 4.98 Å². The normalized spacial score (nSPS) is 10.5. The predicted octanol–water partition coefficient (Wildman–Crippen LogP) is 3.65. The van der Waals surface area contributed by atoms with Crippen LogP contribution in [0.4, 0.5) is 5.69 Å². The van der Waals surface area contributed by atoms with Gasteiger partial charge < -0.3 is 10.3 Å². The second-order valence-electron chi connectivity index (χ2n) is 5.19. The van der Waals surface area contributed by atoms with E-state index in [-0.39, 0.29) is 11.7 Å². The Kier molecular flexibility index (Phi) is 4.26. The maximum Gasteiger partial charge on any atom is 0.272 e. The first-order chi connectivity index (χ1) is 9.93.